The van der Waals surface area contributed by atoms with Crippen molar-refractivity contribution < 1.29 is 0 Å². The molecule has 1 fully saturated rings. The summed E-state index contributed by atoms with van der Waals surface area (Å²) in [5.41, 5.74) is 7.65. The highest BCUT2D eigenvalue weighted by Crippen LogP contribution is 2.30. The summed E-state index contributed by atoms with van der Waals surface area (Å²) >= 11 is 1.78. The Balaban J connectivity index is 2.07. The molecule has 0 aromatic carbocycles. The Morgan fingerprint density at radius 1 is 1.44 bits per heavy atom. The van der Waals surface area contributed by atoms with Crippen molar-refractivity contribution in [2.45, 2.75) is 51.6 Å². The van der Waals surface area contributed by atoms with Gasteiger partial charge in [-0.2, -0.15) is 11.3 Å². The Morgan fingerprint density at radius 3 is 2.89 bits per heavy atom. The molecule has 0 aliphatic carbocycles. The summed E-state index contributed by atoms with van der Waals surface area (Å²) in [5, 5.41) is 4.42. The molecular formula is C15H26N2S. The van der Waals surface area contributed by atoms with Crippen molar-refractivity contribution in [2.75, 3.05) is 13.1 Å². The summed E-state index contributed by atoms with van der Waals surface area (Å²) in [5.74, 6) is 0.922. The van der Waals surface area contributed by atoms with Gasteiger partial charge in [0.25, 0.3) is 0 Å². The highest BCUT2D eigenvalue weighted by atomic mass is 32.1. The Labute approximate surface area is 115 Å². The molecule has 0 saturated carbocycles. The number of likely N-dealkylation sites (tertiary alicyclic amines) is 1. The summed E-state index contributed by atoms with van der Waals surface area (Å²) < 4.78 is 0. The molecule has 2 heterocycles. The van der Waals surface area contributed by atoms with E-state index in [1.165, 1.54) is 44.3 Å². The van der Waals surface area contributed by atoms with Gasteiger partial charge in [0.1, 0.15) is 0 Å². The van der Waals surface area contributed by atoms with Gasteiger partial charge in [-0.15, -0.1) is 0 Å². The van der Waals surface area contributed by atoms with Crippen LogP contribution in [0.5, 0.6) is 0 Å². The molecule has 1 aliphatic rings. The van der Waals surface area contributed by atoms with Gasteiger partial charge in [-0.25, -0.2) is 0 Å². The van der Waals surface area contributed by atoms with Gasteiger partial charge >= 0.3 is 0 Å². The minimum absolute atomic E-state index is 0.206. The minimum atomic E-state index is 0.206. The van der Waals surface area contributed by atoms with Crippen LogP contribution in [-0.4, -0.2) is 24.0 Å². The van der Waals surface area contributed by atoms with Crippen molar-refractivity contribution in [3.63, 3.8) is 0 Å². The molecule has 102 valence electrons. The lowest BCUT2D eigenvalue weighted by molar-refractivity contribution is 0.181. The molecule has 0 spiro atoms. The first-order valence-corrected chi connectivity index (χ1v) is 8.18. The molecular weight excluding hydrogens is 240 g/mol. The summed E-state index contributed by atoms with van der Waals surface area (Å²) in [7, 11) is 0. The smallest absolute Gasteiger partial charge is 0.0504 e. The number of hydrogen-bond donors (Lipinski definition) is 1. The topological polar surface area (TPSA) is 29.3 Å². The molecule has 3 unspecified atom stereocenters. The van der Waals surface area contributed by atoms with Gasteiger partial charge in [0.15, 0.2) is 0 Å². The van der Waals surface area contributed by atoms with Gasteiger partial charge in [-0.1, -0.05) is 13.3 Å². The van der Waals surface area contributed by atoms with Gasteiger partial charge < -0.3 is 5.73 Å². The van der Waals surface area contributed by atoms with Crippen molar-refractivity contribution in [1.82, 2.24) is 4.90 Å². The molecule has 2 nitrogen and oxygen atoms in total. The maximum atomic E-state index is 6.24. The number of rotatable bonds is 4. The molecule has 1 aromatic heterocycles. The number of thiophene rings is 1. The van der Waals surface area contributed by atoms with Crippen molar-refractivity contribution in [3.05, 3.63) is 22.4 Å². The quantitative estimate of drug-likeness (QED) is 0.901. The highest BCUT2D eigenvalue weighted by molar-refractivity contribution is 7.07. The number of nitrogens with two attached hydrogens (primary N) is 1. The van der Waals surface area contributed by atoms with E-state index in [1.807, 2.05) is 0 Å². The Kier molecular flexibility index (Phi) is 5.22. The van der Waals surface area contributed by atoms with Crippen molar-refractivity contribution in [2.24, 2.45) is 11.7 Å². The van der Waals surface area contributed by atoms with E-state index in [0.717, 1.165) is 5.92 Å². The average Bonchev–Trinajstić information content (AvgIpc) is 2.75. The first-order chi connectivity index (χ1) is 8.72. The van der Waals surface area contributed by atoms with Crippen molar-refractivity contribution in [1.29, 1.82) is 0 Å². The molecule has 18 heavy (non-hydrogen) atoms. The molecule has 1 saturated heterocycles. The van der Waals surface area contributed by atoms with E-state index < -0.39 is 0 Å². The van der Waals surface area contributed by atoms with E-state index >= 15 is 0 Å². The second kappa shape index (κ2) is 6.69. The van der Waals surface area contributed by atoms with E-state index in [-0.39, 0.29) is 6.04 Å². The van der Waals surface area contributed by atoms with E-state index in [0.29, 0.717) is 6.04 Å². The third kappa shape index (κ3) is 3.34. The van der Waals surface area contributed by atoms with Gasteiger partial charge in [-0.05, 0) is 67.6 Å². The third-order valence-corrected chi connectivity index (χ3v) is 4.94. The highest BCUT2D eigenvalue weighted by Gasteiger charge is 2.26. The number of hydrogen-bond acceptors (Lipinski definition) is 3. The lowest BCUT2D eigenvalue weighted by Crippen LogP contribution is -2.40. The summed E-state index contributed by atoms with van der Waals surface area (Å²) in [6.07, 6.45) is 5.38. The summed E-state index contributed by atoms with van der Waals surface area (Å²) in [6.45, 7) is 6.88. The number of nitrogens with zero attached hydrogens (tertiary/aromatic N) is 1. The van der Waals surface area contributed by atoms with Crippen LogP contribution in [0.2, 0.25) is 0 Å². The Morgan fingerprint density at radius 2 is 2.28 bits per heavy atom. The van der Waals surface area contributed by atoms with Gasteiger partial charge in [-0.3, -0.25) is 4.90 Å². The van der Waals surface area contributed by atoms with Gasteiger partial charge in [0.05, 0.1) is 6.04 Å². The fourth-order valence-corrected chi connectivity index (χ4v) is 3.85. The molecule has 0 radical (unpaired) electrons. The zero-order valence-corrected chi connectivity index (χ0v) is 12.5. The molecule has 3 heteroatoms. The predicted molar refractivity (Wildman–Crippen MR) is 79.9 cm³/mol. The molecule has 2 N–H and O–H groups in total. The van der Waals surface area contributed by atoms with Crippen LogP contribution in [0.4, 0.5) is 0 Å². The molecule has 3 atom stereocenters. The van der Waals surface area contributed by atoms with Gasteiger partial charge in [0, 0.05) is 6.04 Å². The Bertz CT molecular complexity index is 334. The zero-order chi connectivity index (χ0) is 13.0. The molecule has 1 aromatic rings. The second-order valence-electron chi connectivity index (χ2n) is 5.60. The summed E-state index contributed by atoms with van der Waals surface area (Å²) in [4.78, 5) is 2.61. The molecule has 0 bridgehead atoms. The van der Waals surface area contributed by atoms with Crippen LogP contribution in [0.15, 0.2) is 16.8 Å². The van der Waals surface area contributed by atoms with Crippen LogP contribution >= 0.6 is 11.3 Å². The lowest BCUT2D eigenvalue weighted by Gasteiger charge is -2.33. The average molecular weight is 266 g/mol. The SMILES string of the molecule is CCC1CCCN(C(c2ccsc2)C(C)N)CC1. The molecule has 2 rings (SSSR count). The van der Waals surface area contributed by atoms with Crippen LogP contribution in [0.25, 0.3) is 0 Å². The van der Waals surface area contributed by atoms with E-state index in [4.69, 9.17) is 5.73 Å². The minimum Gasteiger partial charge on any atom is -0.326 e. The standard InChI is InChI=1S/C15H26N2S/c1-3-13-5-4-8-17(9-6-13)15(12(2)16)14-7-10-18-11-14/h7,10-13,15H,3-6,8-9,16H2,1-2H3. The van der Waals surface area contributed by atoms with Crippen LogP contribution in [0.1, 0.15) is 51.1 Å². The normalized spacial score (nSPS) is 25.6. The fourth-order valence-electron chi connectivity index (χ4n) is 3.16. The Hall–Kier alpha value is -0.380. The monoisotopic (exact) mass is 266 g/mol. The van der Waals surface area contributed by atoms with E-state index in [2.05, 4.69) is 35.6 Å². The molecule has 0 amide bonds. The lowest BCUT2D eigenvalue weighted by atomic mass is 9.98. The maximum Gasteiger partial charge on any atom is 0.0504 e. The first kappa shape index (κ1) is 14.0. The summed E-state index contributed by atoms with van der Waals surface area (Å²) in [6, 6.07) is 2.85. The third-order valence-electron chi connectivity index (χ3n) is 4.24. The predicted octanol–water partition coefficient (Wildman–Crippen LogP) is 3.65. The largest absolute Gasteiger partial charge is 0.326 e. The van der Waals surface area contributed by atoms with Crippen molar-refractivity contribution >= 4 is 11.3 Å². The first-order valence-electron chi connectivity index (χ1n) is 7.24. The maximum absolute atomic E-state index is 6.24. The van der Waals surface area contributed by atoms with Crippen LogP contribution in [-0.2, 0) is 0 Å². The van der Waals surface area contributed by atoms with Crippen LogP contribution in [0.3, 0.4) is 0 Å². The second-order valence-corrected chi connectivity index (χ2v) is 6.38. The fraction of sp³-hybridized carbons (Fsp3) is 0.733. The molecule has 1 aliphatic heterocycles. The van der Waals surface area contributed by atoms with Crippen LogP contribution in [0, 0.1) is 5.92 Å². The van der Waals surface area contributed by atoms with E-state index in [1.54, 1.807) is 11.3 Å². The van der Waals surface area contributed by atoms with Crippen molar-refractivity contribution in [3.8, 4) is 0 Å². The van der Waals surface area contributed by atoms with Crippen LogP contribution < -0.4 is 5.73 Å². The van der Waals surface area contributed by atoms with Gasteiger partial charge in [0.2, 0.25) is 0 Å². The van der Waals surface area contributed by atoms with E-state index in [9.17, 15) is 0 Å². The zero-order valence-electron chi connectivity index (χ0n) is 11.6.